The zero-order valence-electron chi connectivity index (χ0n) is 11.7. The first kappa shape index (κ1) is 12.9. The molecule has 6 heteroatoms. The molecule has 2 fully saturated rings. The Morgan fingerprint density at radius 3 is 2.86 bits per heavy atom. The Morgan fingerprint density at radius 1 is 1.19 bits per heavy atom. The number of aryl methyl sites for hydroxylation is 1. The summed E-state index contributed by atoms with van der Waals surface area (Å²) in [4.78, 5) is 8.86. The molecule has 110 valence electrons. The molecular formula is C15H17N3O3. The van der Waals surface area contributed by atoms with E-state index in [9.17, 15) is 5.11 Å². The average Bonchev–Trinajstić information content (AvgIpc) is 3.17. The van der Waals surface area contributed by atoms with Crippen LogP contribution in [0, 0.1) is 6.92 Å². The van der Waals surface area contributed by atoms with E-state index in [0.717, 1.165) is 17.1 Å². The predicted octanol–water partition coefficient (Wildman–Crippen LogP) is 0.953. The van der Waals surface area contributed by atoms with E-state index in [-0.39, 0.29) is 18.2 Å². The van der Waals surface area contributed by atoms with E-state index in [1.165, 1.54) is 0 Å². The molecule has 0 unspecified atom stereocenters. The Morgan fingerprint density at radius 2 is 2.05 bits per heavy atom. The first-order valence-electron chi connectivity index (χ1n) is 7.11. The SMILES string of the molecule is Cc1ccc(-c2nccn2[C@@H]2CO[C@H]3[C@@H]2OC[C@H]3O)nc1. The molecule has 2 aliphatic rings. The number of hydrogen-bond acceptors (Lipinski definition) is 5. The van der Waals surface area contributed by atoms with E-state index >= 15 is 0 Å². The monoisotopic (exact) mass is 287 g/mol. The van der Waals surface area contributed by atoms with E-state index in [0.29, 0.717) is 13.2 Å². The number of aromatic nitrogens is 3. The maximum Gasteiger partial charge on any atom is 0.159 e. The molecule has 1 N–H and O–H groups in total. The quantitative estimate of drug-likeness (QED) is 0.890. The van der Waals surface area contributed by atoms with Gasteiger partial charge in [0.25, 0.3) is 0 Å². The molecule has 0 bridgehead atoms. The fourth-order valence-electron chi connectivity index (χ4n) is 3.08. The third kappa shape index (κ3) is 2.07. The number of fused-ring (bicyclic) bond motifs is 1. The lowest BCUT2D eigenvalue weighted by atomic mass is 10.1. The molecular weight excluding hydrogens is 270 g/mol. The zero-order valence-corrected chi connectivity index (χ0v) is 11.7. The van der Waals surface area contributed by atoms with Crippen LogP contribution in [0.3, 0.4) is 0 Å². The highest BCUT2D eigenvalue weighted by atomic mass is 16.6. The molecule has 0 aliphatic carbocycles. The molecule has 6 nitrogen and oxygen atoms in total. The van der Waals surface area contributed by atoms with Crippen molar-refractivity contribution in [2.75, 3.05) is 13.2 Å². The summed E-state index contributed by atoms with van der Waals surface area (Å²) in [5.74, 6) is 0.800. The number of aliphatic hydroxyl groups is 1. The van der Waals surface area contributed by atoms with Crippen LogP contribution in [0.5, 0.6) is 0 Å². The van der Waals surface area contributed by atoms with Gasteiger partial charge in [-0.15, -0.1) is 0 Å². The molecule has 0 saturated carbocycles. The highest BCUT2D eigenvalue weighted by molar-refractivity contribution is 5.50. The van der Waals surface area contributed by atoms with Crippen LogP contribution in [-0.4, -0.2) is 51.2 Å². The highest BCUT2D eigenvalue weighted by Gasteiger charge is 2.48. The van der Waals surface area contributed by atoms with Gasteiger partial charge in [-0.1, -0.05) is 6.07 Å². The summed E-state index contributed by atoms with van der Waals surface area (Å²) in [6.45, 7) is 2.85. The van der Waals surface area contributed by atoms with E-state index < -0.39 is 6.10 Å². The molecule has 0 aromatic carbocycles. The van der Waals surface area contributed by atoms with Gasteiger partial charge in [0.2, 0.25) is 0 Å². The molecule has 0 amide bonds. The van der Waals surface area contributed by atoms with E-state index in [1.54, 1.807) is 6.20 Å². The Balaban J connectivity index is 1.68. The van der Waals surface area contributed by atoms with Crippen molar-refractivity contribution in [3.05, 3.63) is 36.3 Å². The Labute approximate surface area is 122 Å². The van der Waals surface area contributed by atoms with Crippen LogP contribution in [0.15, 0.2) is 30.7 Å². The fraction of sp³-hybridized carbons (Fsp3) is 0.467. The zero-order chi connectivity index (χ0) is 14.4. The molecule has 2 aromatic rings. The number of rotatable bonds is 2. The lowest BCUT2D eigenvalue weighted by Gasteiger charge is -2.19. The molecule has 0 radical (unpaired) electrons. The van der Waals surface area contributed by atoms with Gasteiger partial charge in [-0.3, -0.25) is 4.98 Å². The minimum absolute atomic E-state index is 0.0211. The average molecular weight is 287 g/mol. The second kappa shape index (κ2) is 4.91. The van der Waals surface area contributed by atoms with Crippen LogP contribution >= 0.6 is 0 Å². The van der Waals surface area contributed by atoms with Crippen molar-refractivity contribution in [3.8, 4) is 11.5 Å². The van der Waals surface area contributed by atoms with Crippen LogP contribution in [0.1, 0.15) is 11.6 Å². The van der Waals surface area contributed by atoms with Gasteiger partial charge in [0.1, 0.15) is 24.0 Å². The molecule has 21 heavy (non-hydrogen) atoms. The van der Waals surface area contributed by atoms with E-state index in [1.807, 2.05) is 36.0 Å². The molecule has 4 rings (SSSR count). The molecule has 2 aliphatic heterocycles. The largest absolute Gasteiger partial charge is 0.388 e. The number of imidazole rings is 1. The normalized spacial score (nSPS) is 31.5. The van der Waals surface area contributed by atoms with Gasteiger partial charge < -0.3 is 19.1 Å². The van der Waals surface area contributed by atoms with Gasteiger partial charge in [-0.05, 0) is 18.6 Å². The van der Waals surface area contributed by atoms with Gasteiger partial charge in [0, 0.05) is 18.6 Å². The van der Waals surface area contributed by atoms with Gasteiger partial charge in [-0.25, -0.2) is 4.98 Å². The number of pyridine rings is 1. The van der Waals surface area contributed by atoms with Crippen LogP contribution in [0.4, 0.5) is 0 Å². The number of ether oxygens (including phenoxy) is 2. The maximum atomic E-state index is 9.84. The van der Waals surface area contributed by atoms with Crippen molar-refractivity contribution in [1.29, 1.82) is 0 Å². The summed E-state index contributed by atoms with van der Waals surface area (Å²) in [7, 11) is 0. The third-order valence-electron chi connectivity index (χ3n) is 4.17. The summed E-state index contributed by atoms with van der Waals surface area (Å²) < 4.78 is 13.4. The predicted molar refractivity (Wildman–Crippen MR) is 74.7 cm³/mol. The number of hydrogen-bond donors (Lipinski definition) is 1. The van der Waals surface area contributed by atoms with Crippen molar-refractivity contribution >= 4 is 0 Å². The van der Waals surface area contributed by atoms with Crippen molar-refractivity contribution < 1.29 is 14.6 Å². The van der Waals surface area contributed by atoms with E-state index in [4.69, 9.17) is 9.47 Å². The van der Waals surface area contributed by atoms with Crippen molar-refractivity contribution in [2.24, 2.45) is 0 Å². The van der Waals surface area contributed by atoms with Gasteiger partial charge in [0.15, 0.2) is 5.82 Å². The fourth-order valence-corrected chi connectivity index (χ4v) is 3.08. The van der Waals surface area contributed by atoms with Gasteiger partial charge in [0.05, 0.1) is 19.3 Å². The number of nitrogens with zero attached hydrogens (tertiary/aromatic N) is 3. The molecule has 2 saturated heterocycles. The smallest absolute Gasteiger partial charge is 0.159 e. The van der Waals surface area contributed by atoms with Crippen molar-refractivity contribution in [2.45, 2.75) is 31.3 Å². The Bertz CT molecular complexity index is 640. The summed E-state index contributed by atoms with van der Waals surface area (Å²) >= 11 is 0. The van der Waals surface area contributed by atoms with E-state index in [2.05, 4.69) is 9.97 Å². The minimum atomic E-state index is -0.538. The highest BCUT2D eigenvalue weighted by Crippen LogP contribution is 2.36. The third-order valence-corrected chi connectivity index (χ3v) is 4.17. The molecule has 2 aromatic heterocycles. The lowest BCUT2D eigenvalue weighted by molar-refractivity contribution is 0.0172. The first-order valence-corrected chi connectivity index (χ1v) is 7.11. The molecule has 0 spiro atoms. The van der Waals surface area contributed by atoms with Crippen molar-refractivity contribution in [3.63, 3.8) is 0 Å². The second-order valence-corrected chi connectivity index (χ2v) is 5.61. The summed E-state index contributed by atoms with van der Waals surface area (Å²) in [6, 6.07) is 4.00. The lowest BCUT2D eigenvalue weighted by Crippen LogP contribution is -2.30. The summed E-state index contributed by atoms with van der Waals surface area (Å²) in [6.07, 6.45) is 4.61. The van der Waals surface area contributed by atoms with Crippen LogP contribution in [-0.2, 0) is 9.47 Å². The van der Waals surface area contributed by atoms with Crippen molar-refractivity contribution in [1.82, 2.24) is 14.5 Å². The second-order valence-electron chi connectivity index (χ2n) is 5.61. The molecule has 4 heterocycles. The summed E-state index contributed by atoms with van der Waals surface area (Å²) in [5, 5.41) is 9.84. The Kier molecular flexibility index (Phi) is 3.02. The number of aliphatic hydroxyl groups excluding tert-OH is 1. The first-order chi connectivity index (χ1) is 10.2. The van der Waals surface area contributed by atoms with Gasteiger partial charge >= 0.3 is 0 Å². The van der Waals surface area contributed by atoms with Crippen LogP contribution in [0.25, 0.3) is 11.5 Å². The molecule has 4 atom stereocenters. The van der Waals surface area contributed by atoms with Gasteiger partial charge in [-0.2, -0.15) is 0 Å². The standard InChI is InChI=1S/C15H17N3O3/c1-9-2-3-10(17-6-9)15-16-4-5-18(15)11-7-20-14-12(19)8-21-13(11)14/h2-6,11-14,19H,7-8H2,1H3/t11-,12-,13-,14-/m1/s1. The van der Waals surface area contributed by atoms with Crippen LogP contribution in [0.2, 0.25) is 0 Å². The van der Waals surface area contributed by atoms with Crippen LogP contribution < -0.4 is 0 Å². The maximum absolute atomic E-state index is 9.84. The topological polar surface area (TPSA) is 69.4 Å². The minimum Gasteiger partial charge on any atom is -0.388 e. The summed E-state index contributed by atoms with van der Waals surface area (Å²) in [5.41, 5.74) is 1.94. The Hall–Kier alpha value is -1.76.